The highest BCUT2D eigenvalue weighted by atomic mass is 15.0. The lowest BCUT2D eigenvalue weighted by atomic mass is 10.1. The maximum atomic E-state index is 4.68. The second-order valence-corrected chi connectivity index (χ2v) is 8.51. The number of nitrogens with zero attached hydrogens (tertiary/aromatic N) is 3. The van der Waals surface area contributed by atoms with E-state index < -0.39 is 0 Å². The number of benzene rings is 4. The Morgan fingerprint density at radius 3 is 1.88 bits per heavy atom. The van der Waals surface area contributed by atoms with E-state index in [-0.39, 0.29) is 0 Å². The Kier molecular flexibility index (Phi) is 4.15. The van der Waals surface area contributed by atoms with Crippen LogP contribution >= 0.6 is 0 Å². The molecule has 0 aliphatic heterocycles. The number of aromatic nitrogens is 3. The van der Waals surface area contributed by atoms with Crippen LogP contribution in [0.1, 0.15) is 0 Å². The molecule has 0 N–H and O–H groups in total. The van der Waals surface area contributed by atoms with Crippen molar-refractivity contribution < 1.29 is 0 Å². The zero-order valence-electron chi connectivity index (χ0n) is 18.5. The van der Waals surface area contributed by atoms with Crippen LogP contribution in [0.4, 0.5) is 0 Å². The Morgan fingerprint density at radius 1 is 0.529 bits per heavy atom. The van der Waals surface area contributed by atoms with Crippen molar-refractivity contribution in [3.8, 4) is 22.6 Å². The Labute approximate surface area is 197 Å². The first-order valence-corrected chi connectivity index (χ1v) is 11.5. The quantitative estimate of drug-likeness (QED) is 0.278. The van der Waals surface area contributed by atoms with Crippen LogP contribution in [0.15, 0.2) is 128 Å². The van der Waals surface area contributed by atoms with Crippen molar-refractivity contribution in [2.45, 2.75) is 0 Å². The minimum absolute atomic E-state index is 0.974. The monoisotopic (exact) mass is 435 g/mol. The van der Waals surface area contributed by atoms with Crippen LogP contribution in [-0.2, 0) is 0 Å². The van der Waals surface area contributed by atoms with Gasteiger partial charge in [0.1, 0.15) is 0 Å². The molecule has 0 atom stereocenters. The van der Waals surface area contributed by atoms with Crippen LogP contribution in [0.5, 0.6) is 0 Å². The van der Waals surface area contributed by atoms with Crippen molar-refractivity contribution in [3.63, 3.8) is 0 Å². The van der Waals surface area contributed by atoms with E-state index in [1.54, 1.807) is 0 Å². The Hall–Kier alpha value is -4.63. The van der Waals surface area contributed by atoms with Crippen molar-refractivity contribution in [2.24, 2.45) is 0 Å². The SMILES string of the molecule is c1ccc(-n2cc(-c3ccccn3)c3cccc(-n4c5ccccc5c5ccccc54)c32)cc1. The molecule has 7 rings (SSSR count). The van der Waals surface area contributed by atoms with Gasteiger partial charge in [-0.05, 0) is 42.5 Å². The highest BCUT2D eigenvalue weighted by Crippen LogP contribution is 2.38. The lowest BCUT2D eigenvalue weighted by Gasteiger charge is -2.13. The molecule has 34 heavy (non-hydrogen) atoms. The molecule has 0 unspecified atom stereocenters. The van der Waals surface area contributed by atoms with Gasteiger partial charge in [-0.3, -0.25) is 4.98 Å². The van der Waals surface area contributed by atoms with Crippen molar-refractivity contribution in [1.29, 1.82) is 0 Å². The minimum atomic E-state index is 0.974. The molecule has 0 amide bonds. The van der Waals surface area contributed by atoms with Gasteiger partial charge >= 0.3 is 0 Å². The van der Waals surface area contributed by atoms with E-state index in [4.69, 9.17) is 0 Å². The van der Waals surface area contributed by atoms with E-state index in [0.29, 0.717) is 0 Å². The Morgan fingerprint density at radius 2 is 1.18 bits per heavy atom. The fourth-order valence-electron chi connectivity index (χ4n) is 5.15. The van der Waals surface area contributed by atoms with E-state index in [1.165, 1.54) is 32.7 Å². The van der Waals surface area contributed by atoms with Crippen molar-refractivity contribution in [2.75, 3.05) is 0 Å². The van der Waals surface area contributed by atoms with Crippen molar-refractivity contribution in [3.05, 3.63) is 128 Å². The van der Waals surface area contributed by atoms with Crippen molar-refractivity contribution in [1.82, 2.24) is 14.1 Å². The van der Waals surface area contributed by atoms with Gasteiger partial charge in [0, 0.05) is 39.8 Å². The van der Waals surface area contributed by atoms with E-state index >= 15 is 0 Å². The lowest BCUT2D eigenvalue weighted by molar-refractivity contribution is 1.10. The third-order valence-corrected chi connectivity index (χ3v) is 6.60. The predicted octanol–water partition coefficient (Wildman–Crippen LogP) is 7.79. The van der Waals surface area contributed by atoms with E-state index in [0.717, 1.165) is 22.6 Å². The minimum Gasteiger partial charge on any atom is -0.314 e. The summed E-state index contributed by atoms with van der Waals surface area (Å²) in [6.45, 7) is 0. The van der Waals surface area contributed by atoms with Gasteiger partial charge in [0.2, 0.25) is 0 Å². The number of fused-ring (bicyclic) bond motifs is 4. The van der Waals surface area contributed by atoms with Gasteiger partial charge in [-0.2, -0.15) is 0 Å². The van der Waals surface area contributed by atoms with E-state index in [1.807, 2.05) is 18.3 Å². The van der Waals surface area contributed by atoms with Gasteiger partial charge in [0.05, 0.1) is 27.9 Å². The van der Waals surface area contributed by atoms with Crippen LogP contribution in [0, 0.1) is 0 Å². The first kappa shape index (κ1) is 18.9. The number of pyridine rings is 1. The molecule has 0 aliphatic rings. The summed E-state index contributed by atoms with van der Waals surface area (Å²) in [5.74, 6) is 0. The Balaban J connectivity index is 1.65. The maximum Gasteiger partial charge on any atom is 0.0778 e. The summed E-state index contributed by atoms with van der Waals surface area (Å²) in [6.07, 6.45) is 4.08. The van der Waals surface area contributed by atoms with Crippen molar-refractivity contribution >= 4 is 32.7 Å². The van der Waals surface area contributed by atoms with E-state index in [2.05, 4.69) is 123 Å². The van der Waals surface area contributed by atoms with Gasteiger partial charge in [-0.25, -0.2) is 0 Å². The molecule has 0 spiro atoms. The number of rotatable bonds is 3. The van der Waals surface area contributed by atoms with Gasteiger partial charge in [0.15, 0.2) is 0 Å². The molecule has 0 saturated carbocycles. The highest BCUT2D eigenvalue weighted by Gasteiger charge is 2.19. The topological polar surface area (TPSA) is 22.8 Å². The molecular formula is C31H21N3. The molecule has 3 heterocycles. The molecule has 0 fully saturated rings. The molecule has 7 aromatic rings. The lowest BCUT2D eigenvalue weighted by Crippen LogP contribution is -1.99. The highest BCUT2D eigenvalue weighted by molar-refractivity contribution is 6.11. The molecule has 0 aliphatic carbocycles. The van der Waals surface area contributed by atoms with Crippen LogP contribution in [0.2, 0.25) is 0 Å². The molecule has 3 aromatic heterocycles. The van der Waals surface area contributed by atoms with Crippen LogP contribution in [0.25, 0.3) is 55.3 Å². The summed E-state index contributed by atoms with van der Waals surface area (Å²) in [7, 11) is 0. The summed E-state index contributed by atoms with van der Waals surface area (Å²) in [5, 5.41) is 3.71. The maximum absolute atomic E-state index is 4.68. The normalized spacial score (nSPS) is 11.5. The molecule has 160 valence electrons. The number of hydrogen-bond acceptors (Lipinski definition) is 1. The van der Waals surface area contributed by atoms with Gasteiger partial charge in [-0.1, -0.05) is 72.8 Å². The molecule has 3 nitrogen and oxygen atoms in total. The van der Waals surface area contributed by atoms with Crippen LogP contribution in [0.3, 0.4) is 0 Å². The summed E-state index contributed by atoms with van der Waals surface area (Å²) < 4.78 is 4.70. The van der Waals surface area contributed by atoms with Gasteiger partial charge in [-0.15, -0.1) is 0 Å². The molecule has 3 heteroatoms. The smallest absolute Gasteiger partial charge is 0.0778 e. The van der Waals surface area contributed by atoms with Gasteiger partial charge in [0.25, 0.3) is 0 Å². The fourth-order valence-corrected chi connectivity index (χ4v) is 5.15. The second kappa shape index (κ2) is 7.46. The molecule has 0 saturated heterocycles. The van der Waals surface area contributed by atoms with E-state index in [9.17, 15) is 0 Å². The Bertz CT molecular complexity index is 1740. The number of hydrogen-bond donors (Lipinski definition) is 0. The summed E-state index contributed by atoms with van der Waals surface area (Å²) in [4.78, 5) is 4.68. The molecule has 0 bridgehead atoms. The second-order valence-electron chi connectivity index (χ2n) is 8.51. The zero-order chi connectivity index (χ0) is 22.5. The standard InChI is InChI=1S/C31H21N3/c1-2-11-22(12-3-1)33-21-26(27-16-8-9-20-32-27)25-15-10-19-30(31(25)33)34-28-17-6-4-13-23(28)24-14-5-7-18-29(24)34/h1-21H. The molecule has 4 aromatic carbocycles. The first-order chi connectivity index (χ1) is 16.9. The number of para-hydroxylation sites is 4. The average molecular weight is 436 g/mol. The average Bonchev–Trinajstić information content (AvgIpc) is 3.46. The first-order valence-electron chi connectivity index (χ1n) is 11.5. The largest absolute Gasteiger partial charge is 0.314 e. The van der Waals surface area contributed by atoms with Gasteiger partial charge < -0.3 is 9.13 Å². The summed E-state index contributed by atoms with van der Waals surface area (Å²) >= 11 is 0. The van der Waals surface area contributed by atoms with Crippen LogP contribution in [-0.4, -0.2) is 14.1 Å². The van der Waals surface area contributed by atoms with Crippen LogP contribution < -0.4 is 0 Å². The molecule has 0 radical (unpaired) electrons. The fraction of sp³-hybridized carbons (Fsp3) is 0. The predicted molar refractivity (Wildman–Crippen MR) is 141 cm³/mol. The summed E-state index contributed by atoms with van der Waals surface area (Å²) in [6, 6.07) is 40.5. The zero-order valence-corrected chi connectivity index (χ0v) is 18.5. The third-order valence-electron chi connectivity index (χ3n) is 6.60. The third kappa shape index (κ3) is 2.74. The molecular weight excluding hydrogens is 414 g/mol. The summed E-state index contributed by atoms with van der Waals surface area (Å²) in [5.41, 5.74) is 7.96.